The van der Waals surface area contributed by atoms with Gasteiger partial charge in [0.25, 0.3) is 0 Å². The number of hydrogen-bond donors (Lipinski definition) is 2. The molecule has 0 bridgehead atoms. The smallest absolute Gasteiger partial charge is 0.460 e. The summed E-state index contributed by atoms with van der Waals surface area (Å²) in [6, 6.07) is 4.85. The highest BCUT2D eigenvalue weighted by atomic mass is 19.4. The average Bonchev–Trinajstić information content (AvgIpc) is 0.700. The maximum atomic E-state index is 16.0. The van der Waals surface area contributed by atoms with Crippen LogP contribution < -0.4 is 0 Å². The van der Waals surface area contributed by atoms with Crippen LogP contribution in [0.4, 0.5) is 149 Å². The molecule has 0 saturated heterocycles. The standard InChI is InChI=1S/C52H38F34N2O2/c1-35(2,3)29-19-27(37(53,54)39(57,58)41(61,62)43(65,66)45(69,70)47(73,74)49(77,78)51(81,82)83)17-25(33(29)89)21-87-31(23-13-9-7-10-14-23)32(24-15-11-8-12-16-24)88-22-26-18-28(20-30(34(26)90)36(4,5)6)38(55,56)40(59,60)42(63,64)44(67,68)46(71,72)48(75,76)50(79,80)52(84,85)86/h7-22,31-32,89-90H,1-6H3/t31-,32-/m1/s1. The molecule has 0 aliphatic carbocycles. The molecule has 506 valence electrons. The van der Waals surface area contributed by atoms with Crippen molar-refractivity contribution in [1.29, 1.82) is 0 Å². The largest absolute Gasteiger partial charge is 0.507 e. The average molecular weight is 1370 g/mol. The highest BCUT2D eigenvalue weighted by Gasteiger charge is 2.97. The normalized spacial score (nSPS) is 16.1. The zero-order valence-corrected chi connectivity index (χ0v) is 45.0. The van der Waals surface area contributed by atoms with Gasteiger partial charge in [0.15, 0.2) is 0 Å². The van der Waals surface area contributed by atoms with E-state index in [1.807, 2.05) is 0 Å². The van der Waals surface area contributed by atoms with Gasteiger partial charge in [0.05, 0.1) is 0 Å². The number of phenols is 2. The third-order valence-electron chi connectivity index (χ3n) is 13.4. The van der Waals surface area contributed by atoms with Crippen molar-refractivity contribution >= 4 is 12.4 Å². The second-order valence-electron chi connectivity index (χ2n) is 21.7. The third-order valence-corrected chi connectivity index (χ3v) is 13.4. The first-order chi connectivity index (χ1) is 39.7. The summed E-state index contributed by atoms with van der Waals surface area (Å²) >= 11 is 0. The third kappa shape index (κ3) is 11.6. The Kier molecular flexibility index (Phi) is 19.1. The van der Waals surface area contributed by atoms with Gasteiger partial charge in [-0.3, -0.25) is 9.98 Å². The summed E-state index contributed by atoms with van der Waals surface area (Å²) in [6.45, 7) is 5.26. The molecule has 4 aromatic rings. The van der Waals surface area contributed by atoms with Gasteiger partial charge in [-0.2, -0.15) is 149 Å². The maximum absolute atomic E-state index is 16.0. The fourth-order valence-corrected chi connectivity index (χ4v) is 8.03. The Bertz CT molecular complexity index is 3060. The van der Waals surface area contributed by atoms with E-state index in [-0.39, 0.29) is 23.6 Å². The van der Waals surface area contributed by atoms with Crippen molar-refractivity contribution in [2.24, 2.45) is 9.98 Å². The van der Waals surface area contributed by atoms with Gasteiger partial charge in [-0.05, 0) is 46.2 Å². The second kappa shape index (κ2) is 22.6. The molecule has 2 atom stereocenters. The van der Waals surface area contributed by atoms with E-state index < -0.39 is 187 Å². The van der Waals surface area contributed by atoms with Crippen LogP contribution in [0.5, 0.6) is 11.5 Å². The molecule has 90 heavy (non-hydrogen) atoms. The van der Waals surface area contributed by atoms with Crippen molar-refractivity contribution in [2.45, 2.75) is 160 Å². The molecule has 2 N–H and O–H groups in total. The molecule has 38 heteroatoms. The number of hydrogen-bond acceptors (Lipinski definition) is 4. The number of aromatic hydroxyl groups is 2. The molecule has 0 fully saturated rings. The van der Waals surface area contributed by atoms with Gasteiger partial charge >= 0.3 is 95.3 Å². The topological polar surface area (TPSA) is 65.2 Å². The number of phenolic OH excluding ortho intramolecular Hbond substituents is 2. The number of aliphatic imine (C=N–C) groups is 2. The van der Waals surface area contributed by atoms with Crippen molar-refractivity contribution in [1.82, 2.24) is 0 Å². The summed E-state index contributed by atoms with van der Waals surface area (Å²) < 4.78 is 489. The molecule has 0 spiro atoms. The highest BCUT2D eigenvalue weighted by molar-refractivity contribution is 5.86. The van der Waals surface area contributed by atoms with Crippen LogP contribution >= 0.6 is 0 Å². The fourth-order valence-electron chi connectivity index (χ4n) is 8.03. The van der Waals surface area contributed by atoms with Crippen LogP contribution in [0, 0.1) is 0 Å². The Morgan fingerprint density at radius 3 is 0.722 bits per heavy atom. The van der Waals surface area contributed by atoms with Crippen LogP contribution in [0.3, 0.4) is 0 Å². The van der Waals surface area contributed by atoms with E-state index in [2.05, 4.69) is 9.98 Å². The number of nitrogens with zero attached hydrogens (tertiary/aromatic N) is 2. The Morgan fingerprint density at radius 2 is 0.511 bits per heavy atom. The lowest BCUT2D eigenvalue weighted by molar-refractivity contribution is -0.462. The molecule has 0 heterocycles. The SMILES string of the molecule is CC(C)(C)c1cc(C(F)(F)C(F)(F)C(F)(F)C(F)(F)C(F)(F)C(F)(F)C(F)(F)C(F)(F)F)cc(C=N[C@H](c2ccccc2)[C@H](N=Cc2cc(C(F)(F)C(F)(F)C(F)(F)C(F)(F)C(F)(F)C(F)(F)C(F)(F)C(F)(F)F)cc(C(C)(C)C)c2O)c2ccccc2)c1O. The Balaban J connectivity index is 2.06. The molecule has 0 radical (unpaired) electrons. The highest BCUT2D eigenvalue weighted by Crippen LogP contribution is 2.68. The monoisotopic (exact) mass is 1370 g/mol. The zero-order chi connectivity index (χ0) is 70.7. The number of halogens is 34. The fraction of sp³-hybridized carbons (Fsp3) is 0.500. The molecule has 4 nitrogen and oxygen atoms in total. The van der Waals surface area contributed by atoms with E-state index >= 15 is 52.7 Å². The van der Waals surface area contributed by atoms with Crippen molar-refractivity contribution in [2.75, 3.05) is 0 Å². The number of benzene rings is 4. The minimum atomic E-state index is -9.02. The molecule has 4 rings (SSSR count). The molecule has 0 aromatic heterocycles. The lowest BCUT2D eigenvalue weighted by Crippen LogP contribution is -2.74. The molecule has 0 saturated carbocycles. The molecular weight excluding hydrogens is 1330 g/mol. The number of alkyl halides is 34. The van der Waals surface area contributed by atoms with Crippen molar-refractivity contribution < 1.29 is 159 Å². The summed E-state index contributed by atoms with van der Waals surface area (Å²) in [7, 11) is 0. The Morgan fingerprint density at radius 1 is 0.300 bits per heavy atom. The van der Waals surface area contributed by atoms with E-state index in [1.54, 1.807) is 0 Å². The van der Waals surface area contributed by atoms with Crippen LogP contribution in [0.1, 0.15) is 98.1 Å². The first-order valence-corrected chi connectivity index (χ1v) is 24.0. The first-order valence-electron chi connectivity index (χ1n) is 24.0. The van der Waals surface area contributed by atoms with Crippen LogP contribution in [-0.2, 0) is 22.7 Å². The van der Waals surface area contributed by atoms with Gasteiger partial charge in [-0.25, -0.2) is 0 Å². The first kappa shape index (κ1) is 75.9. The summed E-state index contributed by atoms with van der Waals surface area (Å²) in [6.07, 6.45) is -15.9. The van der Waals surface area contributed by atoms with E-state index in [1.165, 1.54) is 12.1 Å². The van der Waals surface area contributed by atoms with E-state index in [4.69, 9.17) is 0 Å². The molecule has 0 amide bonds. The van der Waals surface area contributed by atoms with Gasteiger partial charge in [-0.1, -0.05) is 102 Å². The van der Waals surface area contributed by atoms with Gasteiger partial charge < -0.3 is 10.2 Å². The summed E-state index contributed by atoms with van der Waals surface area (Å²) in [5.41, 5.74) is -15.7. The van der Waals surface area contributed by atoms with Crippen LogP contribution in [0.25, 0.3) is 0 Å². The van der Waals surface area contributed by atoms with E-state index in [0.29, 0.717) is 0 Å². The van der Waals surface area contributed by atoms with Gasteiger partial charge in [0, 0.05) is 45.8 Å². The van der Waals surface area contributed by atoms with Crippen LogP contribution in [0.2, 0.25) is 0 Å². The van der Waals surface area contributed by atoms with Gasteiger partial charge in [0.2, 0.25) is 0 Å². The van der Waals surface area contributed by atoms with Crippen molar-refractivity contribution in [3.05, 3.63) is 129 Å². The summed E-state index contributed by atoms with van der Waals surface area (Å²) in [4.78, 5) is 7.98. The molecular formula is C52H38F34N2O2. The molecule has 0 aliphatic heterocycles. The van der Waals surface area contributed by atoms with Crippen LogP contribution in [0.15, 0.2) is 94.9 Å². The summed E-state index contributed by atoms with van der Waals surface area (Å²) in [5, 5.41) is 22.6. The van der Waals surface area contributed by atoms with Gasteiger partial charge in [-0.15, -0.1) is 0 Å². The summed E-state index contributed by atoms with van der Waals surface area (Å²) in [5.74, 6) is -122. The predicted octanol–water partition coefficient (Wildman–Crippen LogP) is 19.6. The number of rotatable bonds is 21. The van der Waals surface area contributed by atoms with Crippen LogP contribution in [-0.4, -0.2) is 106 Å². The lowest BCUT2D eigenvalue weighted by Gasteiger charge is -2.43. The minimum Gasteiger partial charge on any atom is -0.507 e. The quantitative estimate of drug-likeness (QED) is 0.0645. The Hall–Kier alpha value is -6.56. The van der Waals surface area contributed by atoms with Crippen molar-refractivity contribution in [3.8, 4) is 11.5 Å². The zero-order valence-electron chi connectivity index (χ0n) is 45.0. The van der Waals surface area contributed by atoms with E-state index in [9.17, 15) is 107 Å². The molecule has 4 aromatic carbocycles. The maximum Gasteiger partial charge on any atom is 0.460 e. The lowest BCUT2D eigenvalue weighted by atomic mass is 9.81. The minimum absolute atomic E-state index is 0.0874. The molecule has 0 unspecified atom stereocenters. The predicted molar refractivity (Wildman–Crippen MR) is 246 cm³/mol. The Labute approximate surface area is 482 Å². The van der Waals surface area contributed by atoms with E-state index in [0.717, 1.165) is 90.1 Å². The molecule has 0 aliphatic rings. The van der Waals surface area contributed by atoms with Crippen molar-refractivity contribution in [3.63, 3.8) is 0 Å². The van der Waals surface area contributed by atoms with Gasteiger partial charge in [0.1, 0.15) is 23.6 Å². The second-order valence-corrected chi connectivity index (χ2v) is 21.7.